The molecule has 2 atom stereocenters. The minimum Gasteiger partial charge on any atom is -0.245 e. The first kappa shape index (κ1) is 21.2. The lowest BCUT2D eigenvalue weighted by Gasteiger charge is -2.37. The van der Waals surface area contributed by atoms with E-state index in [0.717, 1.165) is 12.0 Å². The molecule has 0 N–H and O–H groups in total. The van der Waals surface area contributed by atoms with Crippen LogP contribution in [0.15, 0.2) is 66.9 Å². The van der Waals surface area contributed by atoms with Crippen LogP contribution in [-0.2, 0) is 16.6 Å². The molecular formula is C24H22FN3O2S. The number of benzene rings is 2. The molecule has 0 amide bonds. The second-order valence-corrected chi connectivity index (χ2v) is 9.83. The SMILES string of the molecule is CC1CCC(c2ccccc2)S(=O)(=O)N1Cc1ccc(-c2ccc(C#N)nc2)cc1F. The Bertz CT molecular complexity index is 1220. The molecule has 0 spiro atoms. The molecule has 0 bridgehead atoms. The highest BCUT2D eigenvalue weighted by molar-refractivity contribution is 7.89. The van der Waals surface area contributed by atoms with E-state index in [0.29, 0.717) is 23.1 Å². The Labute approximate surface area is 181 Å². The van der Waals surface area contributed by atoms with Crippen molar-refractivity contribution in [3.63, 3.8) is 0 Å². The maximum Gasteiger partial charge on any atom is 0.221 e. The monoisotopic (exact) mass is 435 g/mol. The van der Waals surface area contributed by atoms with Gasteiger partial charge in [0.2, 0.25) is 10.0 Å². The lowest BCUT2D eigenvalue weighted by Crippen LogP contribution is -2.44. The van der Waals surface area contributed by atoms with Crippen LogP contribution in [0.4, 0.5) is 4.39 Å². The van der Waals surface area contributed by atoms with Crippen molar-refractivity contribution in [1.82, 2.24) is 9.29 Å². The van der Waals surface area contributed by atoms with E-state index >= 15 is 0 Å². The molecule has 0 radical (unpaired) electrons. The van der Waals surface area contributed by atoms with Crippen LogP contribution >= 0.6 is 0 Å². The highest BCUT2D eigenvalue weighted by Crippen LogP contribution is 2.38. The first-order chi connectivity index (χ1) is 14.9. The van der Waals surface area contributed by atoms with Crippen LogP contribution in [-0.4, -0.2) is 23.7 Å². The summed E-state index contributed by atoms with van der Waals surface area (Å²) >= 11 is 0. The van der Waals surface area contributed by atoms with Crippen molar-refractivity contribution >= 4 is 10.0 Å². The molecule has 31 heavy (non-hydrogen) atoms. The maximum absolute atomic E-state index is 14.9. The van der Waals surface area contributed by atoms with Gasteiger partial charge in [0.15, 0.2) is 0 Å². The summed E-state index contributed by atoms with van der Waals surface area (Å²) in [5.41, 5.74) is 2.69. The van der Waals surface area contributed by atoms with Gasteiger partial charge in [-0.05, 0) is 49.1 Å². The number of hydrogen-bond donors (Lipinski definition) is 0. The maximum atomic E-state index is 14.9. The molecule has 1 aliphatic heterocycles. The van der Waals surface area contributed by atoms with E-state index in [9.17, 15) is 12.8 Å². The van der Waals surface area contributed by atoms with Crippen LogP contribution in [0.3, 0.4) is 0 Å². The summed E-state index contributed by atoms with van der Waals surface area (Å²) in [5.74, 6) is -0.467. The van der Waals surface area contributed by atoms with Crippen LogP contribution in [0.25, 0.3) is 11.1 Å². The van der Waals surface area contributed by atoms with Gasteiger partial charge >= 0.3 is 0 Å². The van der Waals surface area contributed by atoms with E-state index in [1.165, 1.54) is 16.6 Å². The Morgan fingerprint density at radius 2 is 1.84 bits per heavy atom. The number of nitriles is 1. The van der Waals surface area contributed by atoms with Gasteiger partial charge in [0.25, 0.3) is 0 Å². The molecule has 3 aromatic rings. The first-order valence-electron chi connectivity index (χ1n) is 10.1. The van der Waals surface area contributed by atoms with Gasteiger partial charge in [0, 0.05) is 29.9 Å². The lowest BCUT2D eigenvalue weighted by atomic mass is 10.0. The third-order valence-electron chi connectivity index (χ3n) is 5.79. The zero-order chi connectivity index (χ0) is 22.0. The van der Waals surface area contributed by atoms with Crippen LogP contribution in [0.5, 0.6) is 0 Å². The van der Waals surface area contributed by atoms with Gasteiger partial charge < -0.3 is 0 Å². The molecule has 0 saturated carbocycles. The molecule has 1 aromatic heterocycles. The molecule has 158 valence electrons. The summed E-state index contributed by atoms with van der Waals surface area (Å²) in [5, 5.41) is 8.25. The third kappa shape index (κ3) is 4.22. The molecule has 1 fully saturated rings. The highest BCUT2D eigenvalue weighted by atomic mass is 32.2. The number of rotatable bonds is 4. The van der Waals surface area contributed by atoms with Crippen molar-refractivity contribution < 1.29 is 12.8 Å². The van der Waals surface area contributed by atoms with Crippen LogP contribution in [0.2, 0.25) is 0 Å². The number of sulfonamides is 1. The third-order valence-corrected chi connectivity index (χ3v) is 8.16. The number of pyridine rings is 1. The average molecular weight is 436 g/mol. The summed E-state index contributed by atoms with van der Waals surface area (Å²) < 4.78 is 43.1. The Morgan fingerprint density at radius 1 is 1.10 bits per heavy atom. The van der Waals surface area contributed by atoms with E-state index < -0.39 is 21.1 Å². The highest BCUT2D eigenvalue weighted by Gasteiger charge is 2.40. The fourth-order valence-corrected chi connectivity index (χ4v) is 6.19. The van der Waals surface area contributed by atoms with E-state index in [2.05, 4.69) is 4.98 Å². The number of hydrogen-bond acceptors (Lipinski definition) is 4. The zero-order valence-corrected chi connectivity index (χ0v) is 17.9. The summed E-state index contributed by atoms with van der Waals surface area (Å²) in [6, 6.07) is 19.0. The van der Waals surface area contributed by atoms with E-state index in [1.54, 1.807) is 24.3 Å². The van der Waals surface area contributed by atoms with Gasteiger partial charge in [0.05, 0.1) is 0 Å². The fraction of sp³-hybridized carbons (Fsp3) is 0.250. The van der Waals surface area contributed by atoms with Gasteiger partial charge in [-0.3, -0.25) is 0 Å². The molecular weight excluding hydrogens is 413 g/mol. The van der Waals surface area contributed by atoms with Crippen LogP contribution in [0, 0.1) is 17.1 Å². The second-order valence-electron chi connectivity index (χ2n) is 7.77. The second kappa shape index (κ2) is 8.58. The van der Waals surface area contributed by atoms with Crippen LogP contribution < -0.4 is 0 Å². The predicted molar refractivity (Wildman–Crippen MR) is 117 cm³/mol. The number of aromatic nitrogens is 1. The normalized spacial score (nSPS) is 20.8. The molecule has 1 saturated heterocycles. The van der Waals surface area contributed by atoms with E-state index in [4.69, 9.17) is 5.26 Å². The Morgan fingerprint density at radius 3 is 2.48 bits per heavy atom. The minimum absolute atomic E-state index is 0.00936. The van der Waals surface area contributed by atoms with Gasteiger partial charge in [-0.15, -0.1) is 0 Å². The smallest absolute Gasteiger partial charge is 0.221 e. The Balaban J connectivity index is 1.60. The van der Waals surface area contributed by atoms with Gasteiger partial charge in [-0.1, -0.05) is 42.5 Å². The summed E-state index contributed by atoms with van der Waals surface area (Å²) in [6.45, 7) is 1.86. The average Bonchev–Trinajstić information content (AvgIpc) is 2.78. The van der Waals surface area contributed by atoms with Crippen molar-refractivity contribution in [3.8, 4) is 17.2 Å². The van der Waals surface area contributed by atoms with Crippen molar-refractivity contribution in [3.05, 3.63) is 89.5 Å². The van der Waals surface area contributed by atoms with Crippen molar-refractivity contribution in [2.75, 3.05) is 0 Å². The number of nitrogens with zero attached hydrogens (tertiary/aromatic N) is 3. The van der Waals surface area contributed by atoms with E-state index in [-0.39, 0.29) is 18.3 Å². The van der Waals surface area contributed by atoms with E-state index in [1.807, 2.05) is 43.3 Å². The first-order valence-corrected chi connectivity index (χ1v) is 11.6. The molecule has 4 rings (SSSR count). The van der Waals surface area contributed by atoms with Crippen molar-refractivity contribution in [2.45, 2.75) is 37.6 Å². The number of halogens is 1. The molecule has 2 heterocycles. The largest absolute Gasteiger partial charge is 0.245 e. The zero-order valence-electron chi connectivity index (χ0n) is 17.1. The molecule has 2 aromatic carbocycles. The Kier molecular flexibility index (Phi) is 5.86. The molecule has 2 unspecified atom stereocenters. The molecule has 0 aliphatic carbocycles. The lowest BCUT2D eigenvalue weighted by molar-refractivity contribution is 0.279. The summed E-state index contributed by atoms with van der Waals surface area (Å²) in [4.78, 5) is 4.01. The standard InChI is InChI=1S/C24H22FN3O2S/c1-17-7-12-24(18-5-3-2-4-6-18)31(29,30)28(17)16-21-9-8-19(13-23(21)25)20-10-11-22(14-26)27-15-20/h2-6,8-11,13,15,17,24H,7,12,16H2,1H3. The van der Waals surface area contributed by atoms with Crippen molar-refractivity contribution in [2.24, 2.45) is 0 Å². The minimum atomic E-state index is -3.63. The van der Waals surface area contributed by atoms with Gasteiger partial charge in [0.1, 0.15) is 22.8 Å². The fourth-order valence-electron chi connectivity index (χ4n) is 4.01. The molecule has 7 heteroatoms. The summed E-state index contributed by atoms with van der Waals surface area (Å²) in [7, 11) is -3.63. The van der Waals surface area contributed by atoms with Crippen molar-refractivity contribution in [1.29, 1.82) is 5.26 Å². The molecule has 5 nitrogen and oxygen atoms in total. The predicted octanol–water partition coefficient (Wildman–Crippen LogP) is 4.81. The topological polar surface area (TPSA) is 74.1 Å². The summed E-state index contributed by atoms with van der Waals surface area (Å²) in [6.07, 6.45) is 2.79. The van der Waals surface area contributed by atoms with Crippen LogP contribution in [0.1, 0.15) is 41.8 Å². The molecule has 1 aliphatic rings. The van der Waals surface area contributed by atoms with Gasteiger partial charge in [-0.2, -0.15) is 9.57 Å². The quantitative estimate of drug-likeness (QED) is 0.589. The Hall–Kier alpha value is -3.08. The van der Waals surface area contributed by atoms with Gasteiger partial charge in [-0.25, -0.2) is 17.8 Å².